The van der Waals surface area contributed by atoms with Gasteiger partial charge in [-0.1, -0.05) is 54.6 Å². The number of carboxylic acid groups (broad SMARTS) is 1. The van der Waals surface area contributed by atoms with E-state index in [0.717, 1.165) is 16.9 Å². The summed E-state index contributed by atoms with van der Waals surface area (Å²) in [5.41, 5.74) is 2.42. The average Bonchev–Trinajstić information content (AvgIpc) is 2.69. The third-order valence-electron chi connectivity index (χ3n) is 3.87. The fraction of sp³-hybridized carbons (Fsp3) is 0.136. The van der Waals surface area contributed by atoms with Crippen molar-refractivity contribution in [1.82, 2.24) is 0 Å². The second-order valence-corrected chi connectivity index (χ2v) is 5.75. The van der Waals surface area contributed by atoms with Crippen molar-refractivity contribution >= 4 is 5.97 Å². The Balaban J connectivity index is 1.50. The highest BCUT2D eigenvalue weighted by atomic mass is 16.5. The zero-order valence-corrected chi connectivity index (χ0v) is 14.3. The first-order valence-electron chi connectivity index (χ1n) is 8.47. The molecule has 0 aromatic heterocycles. The second kappa shape index (κ2) is 8.72. The molecule has 0 aliphatic carbocycles. The van der Waals surface area contributed by atoms with Crippen LogP contribution in [0.5, 0.6) is 11.5 Å². The van der Waals surface area contributed by atoms with E-state index in [4.69, 9.17) is 14.6 Å². The smallest absolute Gasteiger partial charge is 0.339 e. The minimum Gasteiger partial charge on any atom is -0.493 e. The molecule has 26 heavy (non-hydrogen) atoms. The van der Waals surface area contributed by atoms with Gasteiger partial charge in [-0.3, -0.25) is 0 Å². The van der Waals surface area contributed by atoms with Crippen LogP contribution in [-0.4, -0.2) is 24.3 Å². The molecule has 0 atom stereocenters. The summed E-state index contributed by atoms with van der Waals surface area (Å²) in [6.07, 6.45) is 0.656. The van der Waals surface area contributed by atoms with Crippen LogP contribution in [0.15, 0.2) is 78.9 Å². The highest BCUT2D eigenvalue weighted by molar-refractivity contribution is 5.90. The van der Waals surface area contributed by atoms with Gasteiger partial charge in [-0.25, -0.2) is 4.79 Å². The topological polar surface area (TPSA) is 55.8 Å². The van der Waals surface area contributed by atoms with Gasteiger partial charge in [0.2, 0.25) is 0 Å². The van der Waals surface area contributed by atoms with Crippen LogP contribution in [0.1, 0.15) is 16.8 Å². The van der Waals surface area contributed by atoms with Gasteiger partial charge >= 0.3 is 5.97 Å². The number of rotatable bonds is 8. The Hall–Kier alpha value is -3.27. The predicted molar refractivity (Wildman–Crippen MR) is 101 cm³/mol. The van der Waals surface area contributed by atoms with Crippen LogP contribution in [0.25, 0.3) is 11.1 Å². The normalized spacial score (nSPS) is 10.3. The fourth-order valence-corrected chi connectivity index (χ4v) is 2.60. The molecule has 0 saturated heterocycles. The number of hydrogen-bond acceptors (Lipinski definition) is 3. The van der Waals surface area contributed by atoms with Crippen LogP contribution in [0, 0.1) is 0 Å². The minimum atomic E-state index is -0.991. The quantitative estimate of drug-likeness (QED) is 0.588. The van der Waals surface area contributed by atoms with E-state index in [1.54, 1.807) is 18.2 Å². The summed E-state index contributed by atoms with van der Waals surface area (Å²) in [6.45, 7) is 0.885. The first-order valence-corrected chi connectivity index (χ1v) is 8.47. The lowest BCUT2D eigenvalue weighted by atomic mass is 10.1. The molecule has 0 saturated carbocycles. The van der Waals surface area contributed by atoms with Gasteiger partial charge < -0.3 is 14.6 Å². The molecule has 3 aromatic carbocycles. The molecule has 132 valence electrons. The number of carboxylic acids is 1. The zero-order chi connectivity index (χ0) is 18.2. The van der Waals surface area contributed by atoms with Crippen LogP contribution < -0.4 is 9.47 Å². The van der Waals surface area contributed by atoms with E-state index in [1.807, 2.05) is 42.5 Å². The third-order valence-corrected chi connectivity index (χ3v) is 3.87. The number of aromatic carboxylic acids is 1. The maximum Gasteiger partial charge on any atom is 0.339 e. The van der Waals surface area contributed by atoms with Gasteiger partial charge in [0.15, 0.2) is 0 Å². The van der Waals surface area contributed by atoms with Crippen molar-refractivity contribution in [3.8, 4) is 22.6 Å². The van der Waals surface area contributed by atoms with Crippen molar-refractivity contribution < 1.29 is 19.4 Å². The Labute approximate surface area is 152 Å². The van der Waals surface area contributed by atoms with Crippen molar-refractivity contribution in [2.24, 2.45) is 0 Å². The van der Waals surface area contributed by atoms with Crippen molar-refractivity contribution in [2.75, 3.05) is 13.2 Å². The molecule has 0 spiro atoms. The standard InChI is InChI=1S/C22H20O4/c23-22(24)20-12-4-5-13-21(20)26-15-7-14-25-19-11-6-10-18(16-19)17-8-2-1-3-9-17/h1-6,8-13,16H,7,14-15H2,(H,23,24). The second-order valence-electron chi connectivity index (χ2n) is 5.75. The molecule has 1 N–H and O–H groups in total. The Bertz CT molecular complexity index is 859. The summed E-state index contributed by atoms with van der Waals surface area (Å²) < 4.78 is 11.4. The summed E-state index contributed by atoms with van der Waals surface area (Å²) in [6, 6.07) is 24.7. The molecule has 0 bridgehead atoms. The van der Waals surface area contributed by atoms with E-state index < -0.39 is 5.97 Å². The maximum absolute atomic E-state index is 11.1. The Morgan fingerprint density at radius 1 is 0.769 bits per heavy atom. The molecular weight excluding hydrogens is 328 g/mol. The van der Waals surface area contributed by atoms with Crippen LogP contribution >= 0.6 is 0 Å². The number of hydrogen-bond donors (Lipinski definition) is 1. The summed E-state index contributed by atoms with van der Waals surface area (Å²) in [7, 11) is 0. The Kier molecular flexibility index (Phi) is 5.88. The van der Waals surface area contributed by atoms with E-state index in [0.29, 0.717) is 25.4 Å². The molecule has 0 heterocycles. The highest BCUT2D eigenvalue weighted by Crippen LogP contribution is 2.23. The van der Waals surface area contributed by atoms with E-state index in [2.05, 4.69) is 12.1 Å². The molecule has 4 nitrogen and oxygen atoms in total. The molecule has 3 aromatic rings. The number of ether oxygens (including phenoxy) is 2. The van der Waals surface area contributed by atoms with Gasteiger partial charge in [0.05, 0.1) is 13.2 Å². The largest absolute Gasteiger partial charge is 0.493 e. The van der Waals surface area contributed by atoms with Gasteiger partial charge in [-0.15, -0.1) is 0 Å². The van der Waals surface area contributed by atoms with Crippen LogP contribution in [0.4, 0.5) is 0 Å². The molecule has 0 unspecified atom stereocenters. The number of para-hydroxylation sites is 1. The molecular formula is C22H20O4. The van der Waals surface area contributed by atoms with E-state index >= 15 is 0 Å². The van der Waals surface area contributed by atoms with Crippen LogP contribution in [0.2, 0.25) is 0 Å². The Morgan fingerprint density at radius 2 is 1.46 bits per heavy atom. The molecule has 0 aliphatic heterocycles. The fourth-order valence-electron chi connectivity index (χ4n) is 2.60. The lowest BCUT2D eigenvalue weighted by Crippen LogP contribution is -2.07. The summed E-state index contributed by atoms with van der Waals surface area (Å²) in [5, 5.41) is 9.13. The maximum atomic E-state index is 11.1. The van der Waals surface area contributed by atoms with Gasteiger partial charge in [0.1, 0.15) is 17.1 Å². The number of benzene rings is 3. The van der Waals surface area contributed by atoms with E-state index in [9.17, 15) is 4.79 Å². The minimum absolute atomic E-state index is 0.170. The van der Waals surface area contributed by atoms with Gasteiger partial charge in [-0.05, 0) is 35.4 Å². The molecule has 0 radical (unpaired) electrons. The van der Waals surface area contributed by atoms with Crippen molar-refractivity contribution in [2.45, 2.75) is 6.42 Å². The van der Waals surface area contributed by atoms with Gasteiger partial charge in [0, 0.05) is 6.42 Å². The first-order chi connectivity index (χ1) is 12.7. The van der Waals surface area contributed by atoms with Crippen molar-refractivity contribution in [3.63, 3.8) is 0 Å². The van der Waals surface area contributed by atoms with Crippen molar-refractivity contribution in [1.29, 1.82) is 0 Å². The molecule has 0 amide bonds. The lowest BCUT2D eigenvalue weighted by Gasteiger charge is -2.10. The third kappa shape index (κ3) is 4.63. The summed E-state index contributed by atoms with van der Waals surface area (Å²) >= 11 is 0. The van der Waals surface area contributed by atoms with Crippen LogP contribution in [0.3, 0.4) is 0 Å². The monoisotopic (exact) mass is 348 g/mol. The molecule has 0 fully saturated rings. The molecule has 3 rings (SSSR count). The highest BCUT2D eigenvalue weighted by Gasteiger charge is 2.09. The van der Waals surface area contributed by atoms with Crippen LogP contribution in [-0.2, 0) is 0 Å². The zero-order valence-electron chi connectivity index (χ0n) is 14.3. The summed E-state index contributed by atoms with van der Waals surface area (Å²) in [5.74, 6) is 0.193. The summed E-state index contributed by atoms with van der Waals surface area (Å²) in [4.78, 5) is 11.1. The van der Waals surface area contributed by atoms with Gasteiger partial charge in [-0.2, -0.15) is 0 Å². The molecule has 0 aliphatic rings. The molecule has 4 heteroatoms. The van der Waals surface area contributed by atoms with Crippen molar-refractivity contribution in [3.05, 3.63) is 84.4 Å². The lowest BCUT2D eigenvalue weighted by molar-refractivity contribution is 0.0692. The predicted octanol–water partition coefficient (Wildman–Crippen LogP) is 4.90. The number of carbonyl (C=O) groups is 1. The Morgan fingerprint density at radius 3 is 2.27 bits per heavy atom. The first kappa shape index (κ1) is 17.5. The van der Waals surface area contributed by atoms with Gasteiger partial charge in [0.25, 0.3) is 0 Å². The average molecular weight is 348 g/mol. The van der Waals surface area contributed by atoms with E-state index in [1.165, 1.54) is 6.07 Å². The van der Waals surface area contributed by atoms with E-state index in [-0.39, 0.29) is 5.56 Å². The SMILES string of the molecule is O=C(O)c1ccccc1OCCCOc1cccc(-c2ccccc2)c1.